The fourth-order valence-corrected chi connectivity index (χ4v) is 4.93. The van der Waals surface area contributed by atoms with E-state index in [1.165, 1.54) is 11.3 Å². The first-order chi connectivity index (χ1) is 14.0. The van der Waals surface area contributed by atoms with Crippen molar-refractivity contribution in [2.75, 3.05) is 32.7 Å². The summed E-state index contributed by atoms with van der Waals surface area (Å²) in [5.41, 5.74) is 1.20. The van der Waals surface area contributed by atoms with Gasteiger partial charge in [-0.2, -0.15) is 9.13 Å². The third-order valence-corrected chi connectivity index (χ3v) is 6.38. The Kier molecular flexibility index (Phi) is 5.23. The molecule has 0 spiro atoms. The summed E-state index contributed by atoms with van der Waals surface area (Å²) >= 11 is 7.47. The summed E-state index contributed by atoms with van der Waals surface area (Å²) in [4.78, 5) is 21.0. The zero-order valence-electron chi connectivity index (χ0n) is 16.7. The van der Waals surface area contributed by atoms with Crippen LogP contribution >= 0.6 is 22.9 Å². The predicted molar refractivity (Wildman–Crippen MR) is 114 cm³/mol. The van der Waals surface area contributed by atoms with Gasteiger partial charge in [-0.05, 0) is 24.6 Å². The SMILES string of the molecule is CC[n+]1c(OC)c(-c2ccc(OC)cc2)c(=O)n2c1N(C)CC2c1cnc(Cl)s1. The summed E-state index contributed by atoms with van der Waals surface area (Å²) in [5, 5.41) is 0. The molecule has 1 atom stereocenters. The van der Waals surface area contributed by atoms with Gasteiger partial charge in [0.05, 0.1) is 32.7 Å². The molecule has 4 rings (SSSR count). The molecule has 1 unspecified atom stereocenters. The van der Waals surface area contributed by atoms with E-state index < -0.39 is 0 Å². The van der Waals surface area contributed by atoms with Crippen molar-refractivity contribution in [1.29, 1.82) is 0 Å². The van der Waals surface area contributed by atoms with Crippen molar-refractivity contribution in [1.82, 2.24) is 9.55 Å². The van der Waals surface area contributed by atoms with Gasteiger partial charge in [-0.3, -0.25) is 4.90 Å². The van der Waals surface area contributed by atoms with E-state index >= 15 is 0 Å². The molecule has 1 aliphatic rings. The van der Waals surface area contributed by atoms with Crippen molar-refractivity contribution in [3.63, 3.8) is 0 Å². The topological polar surface area (TPSA) is 60.5 Å². The highest BCUT2D eigenvalue weighted by molar-refractivity contribution is 7.15. The minimum atomic E-state index is -0.159. The van der Waals surface area contributed by atoms with Crippen molar-refractivity contribution >= 4 is 28.9 Å². The Morgan fingerprint density at radius 1 is 1.28 bits per heavy atom. The van der Waals surface area contributed by atoms with E-state index in [2.05, 4.69) is 9.88 Å². The summed E-state index contributed by atoms with van der Waals surface area (Å²) in [6.45, 7) is 3.35. The molecule has 7 nitrogen and oxygen atoms in total. The molecule has 0 aliphatic carbocycles. The largest absolute Gasteiger partial charge is 0.497 e. The second-order valence-corrected chi connectivity index (χ2v) is 8.39. The molecule has 3 aromatic rings. The highest BCUT2D eigenvalue weighted by atomic mass is 35.5. The van der Waals surface area contributed by atoms with Crippen molar-refractivity contribution in [3.8, 4) is 22.8 Å². The van der Waals surface area contributed by atoms with Crippen LogP contribution in [0, 0.1) is 0 Å². The highest BCUT2D eigenvalue weighted by Crippen LogP contribution is 2.36. The Morgan fingerprint density at radius 2 is 2.00 bits per heavy atom. The first-order valence-corrected chi connectivity index (χ1v) is 10.4. The summed E-state index contributed by atoms with van der Waals surface area (Å²) < 4.78 is 15.3. The maximum atomic E-state index is 13.8. The molecule has 9 heteroatoms. The average Bonchev–Trinajstić information content (AvgIpc) is 3.31. The van der Waals surface area contributed by atoms with Crippen LogP contribution in [0.5, 0.6) is 11.6 Å². The number of likely N-dealkylation sites (N-methyl/N-ethyl adjacent to an activating group) is 1. The zero-order valence-corrected chi connectivity index (χ0v) is 18.3. The quantitative estimate of drug-likeness (QED) is 0.579. The van der Waals surface area contributed by atoms with Crippen molar-refractivity contribution < 1.29 is 14.0 Å². The summed E-state index contributed by atoms with van der Waals surface area (Å²) in [7, 11) is 5.19. The molecule has 3 heterocycles. The standard InChI is InChI=1S/C20H22ClN4O3S/c1-5-24-18(28-4)16(12-6-8-13(27-3)9-7-12)17(26)25-14(11-23(2)20(24)25)15-10-22-19(21)29-15/h6-10,14H,5,11H2,1-4H3/q+1. The molecular formula is C20H22ClN4O3S+. The van der Waals surface area contributed by atoms with Gasteiger partial charge in [-0.25, -0.2) is 9.78 Å². The molecule has 0 saturated heterocycles. The lowest BCUT2D eigenvalue weighted by atomic mass is 10.1. The number of aromatic nitrogens is 3. The average molecular weight is 434 g/mol. The van der Waals surface area contributed by atoms with E-state index in [4.69, 9.17) is 21.1 Å². The van der Waals surface area contributed by atoms with Crippen molar-refractivity contribution in [2.45, 2.75) is 19.5 Å². The number of nitrogens with zero attached hydrogens (tertiary/aromatic N) is 4. The Balaban J connectivity index is 2.01. The van der Waals surface area contributed by atoms with Gasteiger partial charge in [0.2, 0.25) is 0 Å². The smallest absolute Gasteiger partial charge is 0.366 e. The number of anilines is 1. The number of methoxy groups -OCH3 is 2. The number of hydrogen-bond acceptors (Lipinski definition) is 6. The lowest BCUT2D eigenvalue weighted by Crippen LogP contribution is -2.45. The van der Waals surface area contributed by atoms with Gasteiger partial charge >= 0.3 is 11.5 Å². The fourth-order valence-electron chi connectivity index (χ4n) is 3.89. The number of halogens is 1. The van der Waals surface area contributed by atoms with Crippen LogP contribution in [0.15, 0.2) is 35.3 Å². The minimum Gasteiger partial charge on any atom is -0.497 e. The predicted octanol–water partition coefficient (Wildman–Crippen LogP) is 2.99. The number of thiazole rings is 1. The number of fused-ring (bicyclic) bond motifs is 1. The van der Waals surface area contributed by atoms with Crippen molar-refractivity contribution in [3.05, 3.63) is 50.2 Å². The van der Waals surface area contributed by atoms with Crippen LogP contribution in [0.4, 0.5) is 5.95 Å². The molecule has 29 heavy (non-hydrogen) atoms. The molecule has 0 amide bonds. The van der Waals surface area contributed by atoms with Crippen LogP contribution in [0.3, 0.4) is 0 Å². The van der Waals surface area contributed by atoms with Gasteiger partial charge < -0.3 is 9.47 Å². The molecule has 0 saturated carbocycles. The Hall–Kier alpha value is -2.58. The number of rotatable bonds is 5. The van der Waals surface area contributed by atoms with Crippen LogP contribution in [-0.4, -0.2) is 37.4 Å². The summed E-state index contributed by atoms with van der Waals surface area (Å²) in [6, 6.07) is 7.28. The molecule has 152 valence electrons. The molecule has 1 aromatic carbocycles. The number of benzene rings is 1. The van der Waals surface area contributed by atoms with E-state index in [1.54, 1.807) is 20.4 Å². The monoisotopic (exact) mass is 433 g/mol. The first kappa shape index (κ1) is 19.7. The van der Waals surface area contributed by atoms with Crippen LogP contribution in [0.1, 0.15) is 17.8 Å². The maximum absolute atomic E-state index is 13.8. The third kappa shape index (κ3) is 3.16. The molecule has 2 aromatic heterocycles. The van der Waals surface area contributed by atoms with Crippen LogP contribution in [0.25, 0.3) is 11.1 Å². The molecular weight excluding hydrogens is 412 g/mol. The zero-order chi connectivity index (χ0) is 20.7. The van der Waals surface area contributed by atoms with E-state index in [9.17, 15) is 4.79 Å². The van der Waals surface area contributed by atoms with Gasteiger partial charge in [0.1, 0.15) is 17.9 Å². The Bertz CT molecular complexity index is 1110. The molecule has 0 bridgehead atoms. The van der Waals surface area contributed by atoms with Crippen LogP contribution in [0.2, 0.25) is 4.47 Å². The number of hydrogen-bond donors (Lipinski definition) is 0. The number of ether oxygens (including phenoxy) is 2. The highest BCUT2D eigenvalue weighted by Gasteiger charge is 2.42. The van der Waals surface area contributed by atoms with E-state index in [0.29, 0.717) is 29.0 Å². The van der Waals surface area contributed by atoms with E-state index in [0.717, 1.165) is 22.1 Å². The van der Waals surface area contributed by atoms with Gasteiger partial charge in [-0.1, -0.05) is 23.7 Å². The minimum absolute atomic E-state index is 0.106. The second-order valence-electron chi connectivity index (χ2n) is 6.74. The van der Waals surface area contributed by atoms with Crippen LogP contribution in [-0.2, 0) is 6.54 Å². The van der Waals surface area contributed by atoms with Gasteiger partial charge in [0.15, 0.2) is 10.5 Å². The molecule has 0 radical (unpaired) electrons. The van der Waals surface area contributed by atoms with Crippen molar-refractivity contribution in [2.24, 2.45) is 0 Å². The lowest BCUT2D eigenvalue weighted by Gasteiger charge is -2.16. The Labute approximate surface area is 177 Å². The van der Waals surface area contributed by atoms with E-state index in [1.807, 2.05) is 47.4 Å². The maximum Gasteiger partial charge on any atom is 0.366 e. The van der Waals surface area contributed by atoms with E-state index in [-0.39, 0.29) is 11.6 Å². The normalized spacial score (nSPS) is 15.5. The molecule has 1 aliphatic heterocycles. The fraction of sp³-hybridized carbons (Fsp3) is 0.350. The molecule has 0 fully saturated rings. The van der Waals surface area contributed by atoms with Gasteiger partial charge in [-0.15, -0.1) is 11.3 Å². The first-order valence-electron chi connectivity index (χ1n) is 9.23. The summed E-state index contributed by atoms with van der Waals surface area (Å²) in [5.74, 6) is 2.08. The summed E-state index contributed by atoms with van der Waals surface area (Å²) in [6.07, 6.45) is 1.75. The van der Waals surface area contributed by atoms with Crippen LogP contribution < -0.4 is 24.5 Å². The van der Waals surface area contributed by atoms with Gasteiger partial charge in [0.25, 0.3) is 5.88 Å². The molecule has 0 N–H and O–H groups in total. The lowest BCUT2D eigenvalue weighted by molar-refractivity contribution is -0.688. The third-order valence-electron chi connectivity index (χ3n) is 5.16. The Morgan fingerprint density at radius 3 is 2.55 bits per heavy atom. The second kappa shape index (κ2) is 7.68. The van der Waals surface area contributed by atoms with Gasteiger partial charge in [0, 0.05) is 6.20 Å².